The van der Waals surface area contributed by atoms with E-state index < -0.39 is 23.6 Å². The Morgan fingerprint density at radius 1 is 1.08 bits per heavy atom. The average Bonchev–Trinajstić information content (AvgIpc) is 3.08. The van der Waals surface area contributed by atoms with Crippen molar-refractivity contribution < 1.29 is 23.5 Å². The second kappa shape index (κ2) is 11.1. The number of anilines is 2. The van der Waals surface area contributed by atoms with E-state index in [1.54, 1.807) is 32.0 Å². The van der Waals surface area contributed by atoms with E-state index >= 15 is 0 Å². The van der Waals surface area contributed by atoms with Gasteiger partial charge in [-0.15, -0.1) is 0 Å². The van der Waals surface area contributed by atoms with Crippen molar-refractivity contribution in [2.24, 2.45) is 0 Å². The molecule has 8 nitrogen and oxygen atoms in total. The number of aromatic nitrogens is 2. The fourth-order valence-electron chi connectivity index (χ4n) is 3.60. The van der Waals surface area contributed by atoms with Crippen LogP contribution in [0.5, 0.6) is 0 Å². The zero-order chi connectivity index (χ0) is 26.7. The predicted octanol–water partition coefficient (Wildman–Crippen LogP) is 5.44. The van der Waals surface area contributed by atoms with Gasteiger partial charge < -0.3 is 10.1 Å². The maximum Gasteiger partial charge on any atom is 0.340 e. The number of thioether (sulfide) groups is 1. The van der Waals surface area contributed by atoms with E-state index in [1.165, 1.54) is 24.3 Å². The van der Waals surface area contributed by atoms with E-state index in [-0.39, 0.29) is 38.6 Å². The Morgan fingerprint density at radius 3 is 2.46 bits per heavy atom. The van der Waals surface area contributed by atoms with Crippen LogP contribution in [-0.4, -0.2) is 34.4 Å². The lowest BCUT2D eigenvalue weighted by atomic mass is 10.1. The Kier molecular flexibility index (Phi) is 7.89. The summed E-state index contributed by atoms with van der Waals surface area (Å²) in [6, 6.07) is 11.8. The number of carbonyl (C=O) groups is 3. The van der Waals surface area contributed by atoms with Crippen molar-refractivity contribution in [2.45, 2.75) is 32.3 Å². The topological polar surface area (TPSA) is 101 Å². The van der Waals surface area contributed by atoms with Gasteiger partial charge in [0.15, 0.2) is 5.16 Å². The molecule has 0 aliphatic carbocycles. The molecule has 0 spiro atoms. The number of amides is 2. The molecule has 1 aliphatic rings. The van der Waals surface area contributed by atoms with Gasteiger partial charge in [-0.05, 0) is 68.4 Å². The summed E-state index contributed by atoms with van der Waals surface area (Å²) in [5.41, 5.74) is 1.72. The molecule has 0 saturated heterocycles. The molecule has 2 amide bonds. The highest BCUT2D eigenvalue weighted by atomic mass is 35.5. The van der Waals surface area contributed by atoms with Gasteiger partial charge in [-0.2, -0.15) is 0 Å². The first-order chi connectivity index (χ1) is 17.7. The molecule has 190 valence electrons. The Hall–Kier alpha value is -3.76. The minimum absolute atomic E-state index is 0.00664. The number of esters is 1. The number of hydrogen-bond acceptors (Lipinski definition) is 8. The second-order valence-electron chi connectivity index (χ2n) is 8.09. The molecule has 1 aromatic heterocycles. The van der Waals surface area contributed by atoms with Crippen molar-refractivity contribution in [1.29, 1.82) is 0 Å². The molecule has 2 heterocycles. The van der Waals surface area contributed by atoms with Crippen molar-refractivity contribution in [3.63, 3.8) is 0 Å². The van der Waals surface area contributed by atoms with Crippen LogP contribution < -0.4 is 10.2 Å². The molecule has 0 fully saturated rings. The molecule has 0 saturated carbocycles. The maximum atomic E-state index is 13.7. The van der Waals surface area contributed by atoms with Crippen LogP contribution in [0, 0.1) is 19.7 Å². The fraction of sp³-hybridized carbons (Fsp3) is 0.192. The smallest absolute Gasteiger partial charge is 0.340 e. The van der Waals surface area contributed by atoms with E-state index in [0.29, 0.717) is 23.5 Å². The Morgan fingerprint density at radius 2 is 1.78 bits per heavy atom. The van der Waals surface area contributed by atoms with E-state index in [1.807, 2.05) is 6.92 Å². The number of rotatable bonds is 8. The van der Waals surface area contributed by atoms with Gasteiger partial charge in [0.2, 0.25) is 0 Å². The van der Waals surface area contributed by atoms with Crippen LogP contribution in [0.25, 0.3) is 0 Å². The van der Waals surface area contributed by atoms with E-state index in [0.717, 1.165) is 22.7 Å². The van der Waals surface area contributed by atoms with Gasteiger partial charge in [0.25, 0.3) is 11.8 Å². The van der Waals surface area contributed by atoms with Gasteiger partial charge in [-0.3, -0.25) is 9.59 Å². The molecular weight excluding hydrogens is 519 g/mol. The number of carbonyl (C=O) groups excluding carboxylic acids is 3. The number of nitrogens with one attached hydrogen (secondary N) is 1. The van der Waals surface area contributed by atoms with Crippen molar-refractivity contribution in [1.82, 2.24) is 9.97 Å². The van der Waals surface area contributed by atoms with Crippen LogP contribution >= 0.6 is 23.4 Å². The summed E-state index contributed by atoms with van der Waals surface area (Å²) in [7, 11) is 0. The van der Waals surface area contributed by atoms with Crippen LogP contribution in [0.4, 0.5) is 15.8 Å². The zero-order valence-electron chi connectivity index (χ0n) is 20.2. The van der Waals surface area contributed by atoms with Crippen LogP contribution in [0.2, 0.25) is 5.02 Å². The minimum Gasteiger partial charge on any atom is -0.462 e. The van der Waals surface area contributed by atoms with Gasteiger partial charge in [0.1, 0.15) is 16.4 Å². The van der Waals surface area contributed by atoms with E-state index in [9.17, 15) is 18.8 Å². The number of nitrogens with zero attached hydrogens (tertiary/aromatic N) is 3. The van der Waals surface area contributed by atoms with E-state index in [2.05, 4.69) is 15.3 Å². The number of imide groups is 1. The zero-order valence-corrected chi connectivity index (χ0v) is 21.7. The first-order valence-corrected chi connectivity index (χ1v) is 12.5. The average molecular weight is 541 g/mol. The van der Waals surface area contributed by atoms with Crippen LogP contribution in [-0.2, 0) is 14.3 Å². The van der Waals surface area contributed by atoms with Gasteiger partial charge in [0.05, 0.1) is 22.9 Å². The molecular formula is C26H22ClFN4O4S. The lowest BCUT2D eigenvalue weighted by Gasteiger charge is -2.18. The summed E-state index contributed by atoms with van der Waals surface area (Å²) in [4.78, 5) is 49.7. The van der Waals surface area contributed by atoms with Crippen molar-refractivity contribution in [3.8, 4) is 0 Å². The summed E-state index contributed by atoms with van der Waals surface area (Å²) < 4.78 is 19.0. The summed E-state index contributed by atoms with van der Waals surface area (Å²) in [5, 5.41) is 3.00. The number of benzene rings is 2. The lowest BCUT2D eigenvalue weighted by Crippen LogP contribution is -2.33. The summed E-state index contributed by atoms with van der Waals surface area (Å²) in [6.45, 7) is 5.63. The number of para-hydroxylation sites is 1. The molecule has 0 bridgehead atoms. The summed E-state index contributed by atoms with van der Waals surface area (Å²) >= 11 is 6.83. The number of aryl methyl sites for hydroxylation is 2. The number of halogens is 2. The van der Waals surface area contributed by atoms with Crippen LogP contribution in [0.15, 0.2) is 64.3 Å². The Balaban J connectivity index is 1.78. The number of hydrogen-bond donors (Lipinski definition) is 1. The highest BCUT2D eigenvalue weighted by Crippen LogP contribution is 2.38. The first-order valence-electron chi connectivity index (χ1n) is 11.3. The summed E-state index contributed by atoms with van der Waals surface area (Å²) in [5.74, 6) is -2.68. The minimum atomic E-state index is -0.715. The van der Waals surface area contributed by atoms with Crippen LogP contribution in [0.1, 0.15) is 35.1 Å². The highest BCUT2D eigenvalue weighted by molar-refractivity contribution is 8.04. The second-order valence-corrected chi connectivity index (χ2v) is 9.48. The molecule has 0 unspecified atom stereocenters. The summed E-state index contributed by atoms with van der Waals surface area (Å²) in [6.07, 6.45) is 0.613. The normalized spacial score (nSPS) is 13.4. The molecule has 11 heteroatoms. The fourth-order valence-corrected chi connectivity index (χ4v) is 4.76. The van der Waals surface area contributed by atoms with Gasteiger partial charge in [0, 0.05) is 17.1 Å². The highest BCUT2D eigenvalue weighted by Gasteiger charge is 2.42. The molecule has 0 atom stereocenters. The third kappa shape index (κ3) is 5.65. The molecule has 3 aromatic rings. The van der Waals surface area contributed by atoms with Gasteiger partial charge >= 0.3 is 5.97 Å². The monoisotopic (exact) mass is 540 g/mol. The SMILES string of the molecule is CCCOC(=O)c1ccccc1N1C(=O)C(Nc2ccc(F)c(Cl)c2)=C(Sc2nc(C)cc(C)n2)C1=O. The standard InChI is InChI=1S/C26H22ClFN4O4S/c1-4-11-36-25(35)17-7-5-6-8-20(17)32-23(33)21(31-16-9-10-19(28)18(27)13-16)22(24(32)34)37-26-29-14(2)12-15(3)30-26/h5-10,12-13,31H,4,11H2,1-3H3. The predicted molar refractivity (Wildman–Crippen MR) is 139 cm³/mol. The number of ether oxygens (including phenoxy) is 1. The van der Waals surface area contributed by atoms with Gasteiger partial charge in [-0.25, -0.2) is 24.1 Å². The quantitative estimate of drug-likeness (QED) is 0.229. The molecule has 2 aromatic carbocycles. The van der Waals surface area contributed by atoms with Crippen molar-refractivity contribution in [3.05, 3.63) is 86.9 Å². The van der Waals surface area contributed by atoms with Gasteiger partial charge in [-0.1, -0.05) is 30.7 Å². The van der Waals surface area contributed by atoms with Crippen molar-refractivity contribution in [2.75, 3.05) is 16.8 Å². The maximum absolute atomic E-state index is 13.7. The third-order valence-corrected chi connectivity index (χ3v) is 6.43. The molecule has 0 radical (unpaired) electrons. The largest absolute Gasteiger partial charge is 0.462 e. The Bertz CT molecular complexity index is 1430. The third-order valence-electron chi connectivity index (χ3n) is 5.19. The molecule has 1 N–H and O–H groups in total. The Labute approximate surface area is 221 Å². The molecule has 37 heavy (non-hydrogen) atoms. The van der Waals surface area contributed by atoms with Crippen LogP contribution in [0.3, 0.4) is 0 Å². The first kappa shape index (κ1) is 26.3. The lowest BCUT2D eigenvalue weighted by molar-refractivity contribution is -0.120. The van der Waals surface area contributed by atoms with E-state index in [4.69, 9.17) is 16.3 Å². The van der Waals surface area contributed by atoms with Crippen molar-refractivity contribution >= 4 is 52.5 Å². The molecule has 4 rings (SSSR count). The molecule has 1 aliphatic heterocycles.